The van der Waals surface area contributed by atoms with Crippen molar-refractivity contribution in [2.75, 3.05) is 0 Å². The Balaban J connectivity index is 2.95. The third kappa shape index (κ3) is 5.39. The minimum atomic E-state index is -1.89. The van der Waals surface area contributed by atoms with Gasteiger partial charge in [0.15, 0.2) is 6.10 Å². The van der Waals surface area contributed by atoms with Crippen molar-refractivity contribution in [2.45, 2.75) is 38.5 Å². The fourth-order valence-electron chi connectivity index (χ4n) is 1.59. The summed E-state index contributed by atoms with van der Waals surface area (Å²) in [5.41, 5.74) is -0.525. The van der Waals surface area contributed by atoms with Crippen molar-refractivity contribution in [2.24, 2.45) is 0 Å². The van der Waals surface area contributed by atoms with Gasteiger partial charge < -0.3 is 20.3 Å². The summed E-state index contributed by atoms with van der Waals surface area (Å²) in [7, 11) is 0. The van der Waals surface area contributed by atoms with Crippen molar-refractivity contribution >= 4 is 12.1 Å². The van der Waals surface area contributed by atoms with E-state index >= 15 is 0 Å². The van der Waals surface area contributed by atoms with Crippen LogP contribution in [-0.4, -0.2) is 34.0 Å². The Bertz CT molecular complexity index is 509. The molecule has 0 bridgehead atoms. The summed E-state index contributed by atoms with van der Waals surface area (Å²) in [5.74, 6) is -2.03. The molecule has 0 aliphatic carbocycles. The van der Waals surface area contributed by atoms with Gasteiger partial charge in [0.25, 0.3) is 0 Å². The van der Waals surface area contributed by atoms with Gasteiger partial charge in [0.1, 0.15) is 11.4 Å². The topological polar surface area (TPSA) is 95.9 Å². The van der Waals surface area contributed by atoms with E-state index in [1.165, 1.54) is 12.1 Å². The molecule has 0 saturated carbocycles. The largest absolute Gasteiger partial charge is 0.479 e. The van der Waals surface area contributed by atoms with E-state index in [0.29, 0.717) is 0 Å². The van der Waals surface area contributed by atoms with Crippen LogP contribution in [0, 0.1) is 5.82 Å². The minimum absolute atomic E-state index is 0.247. The lowest BCUT2D eigenvalue weighted by atomic mass is 10.0. The summed E-state index contributed by atoms with van der Waals surface area (Å²) in [6.45, 7) is 4.94. The average molecular weight is 299 g/mol. The van der Waals surface area contributed by atoms with E-state index in [-0.39, 0.29) is 5.56 Å². The predicted molar refractivity (Wildman–Crippen MR) is 72.2 cm³/mol. The zero-order valence-corrected chi connectivity index (χ0v) is 12.0. The molecule has 0 aliphatic heterocycles. The van der Waals surface area contributed by atoms with Crippen LogP contribution in [0.1, 0.15) is 32.4 Å². The summed E-state index contributed by atoms with van der Waals surface area (Å²) in [6, 6.07) is 3.52. The standard InChI is InChI=1S/C14H18FNO5/c1-14(2,3)21-13(20)16-10(11(17)12(18)19)8-4-6-9(15)7-5-8/h4-7,10-11,17H,1-3H3,(H,16,20)(H,18,19)/t10-,11-/m0/s1. The van der Waals surface area contributed by atoms with Gasteiger partial charge in [0, 0.05) is 0 Å². The Morgan fingerprint density at radius 1 is 1.24 bits per heavy atom. The first kappa shape index (κ1) is 16.9. The monoisotopic (exact) mass is 299 g/mol. The van der Waals surface area contributed by atoms with E-state index in [4.69, 9.17) is 9.84 Å². The number of carbonyl (C=O) groups excluding carboxylic acids is 1. The third-order valence-corrected chi connectivity index (χ3v) is 2.47. The molecule has 1 rings (SSSR count). The molecule has 0 fully saturated rings. The second kappa shape index (κ2) is 6.53. The van der Waals surface area contributed by atoms with Crippen LogP contribution in [0.2, 0.25) is 0 Å². The number of hydrogen-bond donors (Lipinski definition) is 3. The molecule has 116 valence electrons. The molecule has 2 atom stereocenters. The molecule has 0 aromatic heterocycles. The maximum Gasteiger partial charge on any atom is 0.408 e. The first-order valence-electron chi connectivity index (χ1n) is 6.26. The molecule has 0 unspecified atom stereocenters. The van der Waals surface area contributed by atoms with E-state index < -0.39 is 35.6 Å². The van der Waals surface area contributed by atoms with Crippen LogP contribution >= 0.6 is 0 Å². The number of benzene rings is 1. The van der Waals surface area contributed by atoms with Crippen molar-refractivity contribution < 1.29 is 28.9 Å². The zero-order chi connectivity index (χ0) is 16.2. The quantitative estimate of drug-likeness (QED) is 0.788. The molecule has 3 N–H and O–H groups in total. The predicted octanol–water partition coefficient (Wildman–Crippen LogP) is 1.84. The fourth-order valence-corrected chi connectivity index (χ4v) is 1.59. The van der Waals surface area contributed by atoms with Gasteiger partial charge in [-0.1, -0.05) is 12.1 Å². The number of nitrogens with one attached hydrogen (secondary N) is 1. The molecule has 0 radical (unpaired) electrons. The van der Waals surface area contributed by atoms with Gasteiger partial charge in [-0.3, -0.25) is 0 Å². The Morgan fingerprint density at radius 3 is 2.19 bits per heavy atom. The number of hydrogen-bond acceptors (Lipinski definition) is 4. The number of aliphatic carboxylic acids is 1. The van der Waals surface area contributed by atoms with Crippen molar-refractivity contribution in [3.8, 4) is 0 Å². The lowest BCUT2D eigenvalue weighted by molar-refractivity contribution is -0.148. The number of amides is 1. The van der Waals surface area contributed by atoms with Gasteiger partial charge >= 0.3 is 12.1 Å². The molecule has 0 saturated heterocycles. The number of halogens is 1. The minimum Gasteiger partial charge on any atom is -0.479 e. The highest BCUT2D eigenvalue weighted by atomic mass is 19.1. The number of ether oxygens (including phenoxy) is 1. The first-order valence-corrected chi connectivity index (χ1v) is 6.26. The van der Waals surface area contributed by atoms with E-state index in [1.54, 1.807) is 20.8 Å². The molecule has 1 aromatic carbocycles. The van der Waals surface area contributed by atoms with Crippen LogP contribution in [0.4, 0.5) is 9.18 Å². The third-order valence-electron chi connectivity index (χ3n) is 2.47. The highest BCUT2D eigenvalue weighted by Crippen LogP contribution is 2.19. The second-order valence-electron chi connectivity index (χ2n) is 5.46. The van der Waals surface area contributed by atoms with Crippen LogP contribution in [0.15, 0.2) is 24.3 Å². The Hall–Kier alpha value is -2.15. The highest BCUT2D eigenvalue weighted by molar-refractivity contribution is 5.75. The van der Waals surface area contributed by atoms with Crippen LogP contribution in [0.25, 0.3) is 0 Å². The van der Waals surface area contributed by atoms with Gasteiger partial charge in [0.05, 0.1) is 6.04 Å². The maximum atomic E-state index is 12.9. The summed E-state index contributed by atoms with van der Waals surface area (Å²) in [4.78, 5) is 22.7. The molecular weight excluding hydrogens is 281 g/mol. The van der Waals surface area contributed by atoms with Crippen molar-refractivity contribution in [1.29, 1.82) is 0 Å². The normalized spacial score (nSPS) is 14.1. The maximum absolute atomic E-state index is 12.9. The Morgan fingerprint density at radius 2 is 1.76 bits per heavy atom. The lowest BCUT2D eigenvalue weighted by Crippen LogP contribution is -2.42. The molecule has 1 aromatic rings. The molecule has 21 heavy (non-hydrogen) atoms. The van der Waals surface area contributed by atoms with Crippen molar-refractivity contribution in [3.63, 3.8) is 0 Å². The van der Waals surface area contributed by atoms with Crippen molar-refractivity contribution in [1.82, 2.24) is 5.32 Å². The van der Waals surface area contributed by atoms with E-state index in [2.05, 4.69) is 5.32 Å². The fraction of sp³-hybridized carbons (Fsp3) is 0.429. The average Bonchev–Trinajstić information content (AvgIpc) is 2.34. The van der Waals surface area contributed by atoms with Crippen LogP contribution < -0.4 is 5.32 Å². The number of alkyl carbamates (subject to hydrolysis) is 1. The van der Waals surface area contributed by atoms with Gasteiger partial charge in [-0.05, 0) is 38.5 Å². The van der Waals surface area contributed by atoms with Crippen molar-refractivity contribution in [3.05, 3.63) is 35.6 Å². The van der Waals surface area contributed by atoms with Crippen LogP contribution in [0.5, 0.6) is 0 Å². The smallest absolute Gasteiger partial charge is 0.408 e. The number of carboxylic acid groups (broad SMARTS) is 1. The lowest BCUT2D eigenvalue weighted by Gasteiger charge is -2.25. The van der Waals surface area contributed by atoms with Gasteiger partial charge in [0.2, 0.25) is 0 Å². The van der Waals surface area contributed by atoms with E-state index in [0.717, 1.165) is 12.1 Å². The molecule has 6 nitrogen and oxygen atoms in total. The van der Waals surface area contributed by atoms with Crippen LogP contribution in [-0.2, 0) is 9.53 Å². The molecule has 7 heteroatoms. The van der Waals surface area contributed by atoms with Gasteiger partial charge in [-0.2, -0.15) is 0 Å². The molecule has 0 aliphatic rings. The number of carbonyl (C=O) groups is 2. The zero-order valence-electron chi connectivity index (χ0n) is 12.0. The summed E-state index contributed by atoms with van der Waals surface area (Å²) in [6.07, 6.45) is -2.76. The number of aliphatic hydroxyl groups excluding tert-OH is 1. The van der Waals surface area contributed by atoms with Gasteiger partial charge in [-0.15, -0.1) is 0 Å². The molecule has 0 spiro atoms. The highest BCUT2D eigenvalue weighted by Gasteiger charge is 2.30. The molecular formula is C14H18FNO5. The summed E-state index contributed by atoms with van der Waals surface area (Å²) in [5, 5.41) is 20.9. The van der Waals surface area contributed by atoms with Crippen LogP contribution in [0.3, 0.4) is 0 Å². The SMILES string of the molecule is CC(C)(C)OC(=O)N[C@@H](c1ccc(F)cc1)[C@H](O)C(=O)O. The molecule has 1 amide bonds. The number of carboxylic acids is 1. The molecule has 0 heterocycles. The second-order valence-corrected chi connectivity index (χ2v) is 5.46. The van der Waals surface area contributed by atoms with Gasteiger partial charge in [-0.25, -0.2) is 14.0 Å². The summed E-state index contributed by atoms with van der Waals surface area (Å²) >= 11 is 0. The number of aliphatic hydroxyl groups is 1. The number of rotatable bonds is 4. The first-order chi connectivity index (χ1) is 9.60. The van der Waals surface area contributed by atoms with E-state index in [9.17, 15) is 19.1 Å². The Labute approximate surface area is 121 Å². The Kier molecular flexibility index (Phi) is 5.26. The summed E-state index contributed by atoms with van der Waals surface area (Å²) < 4.78 is 17.9. The van der Waals surface area contributed by atoms with E-state index in [1.807, 2.05) is 0 Å².